The Morgan fingerprint density at radius 3 is 2.18 bits per heavy atom. The number of carboxylic acid groups (broad SMARTS) is 1. The molecule has 0 aliphatic heterocycles. The van der Waals surface area contributed by atoms with Crippen molar-refractivity contribution in [2.24, 2.45) is 0 Å². The molecule has 0 unspecified atom stereocenters. The molecule has 1 saturated carbocycles. The van der Waals surface area contributed by atoms with Crippen LogP contribution in [0.5, 0.6) is 0 Å². The van der Waals surface area contributed by atoms with Gasteiger partial charge in [0.05, 0.1) is 10.5 Å². The van der Waals surface area contributed by atoms with Gasteiger partial charge in [-0.05, 0) is 32.8 Å². The summed E-state index contributed by atoms with van der Waals surface area (Å²) >= 11 is 0. The lowest BCUT2D eigenvalue weighted by Crippen LogP contribution is -2.60. The number of hydrogen-bond donors (Lipinski definition) is 2. The number of nitrogens with one attached hydrogen (secondary N) is 1. The number of carbonyl (C=O) groups is 3. The van der Waals surface area contributed by atoms with E-state index >= 15 is 0 Å². The van der Waals surface area contributed by atoms with Gasteiger partial charge in [-0.15, -0.1) is 0 Å². The third kappa shape index (κ3) is 4.47. The summed E-state index contributed by atoms with van der Waals surface area (Å²) < 4.78 is 0. The third-order valence-corrected chi connectivity index (χ3v) is 5.16. The summed E-state index contributed by atoms with van der Waals surface area (Å²) in [5.74, 6) is -2.23. The molecule has 2 N–H and O–H groups in total. The normalized spacial score (nSPS) is 15.5. The van der Waals surface area contributed by atoms with E-state index in [1.165, 1.54) is 0 Å². The first kappa shape index (κ1) is 21.3. The minimum Gasteiger partial charge on any atom is -0.478 e. The Balaban J connectivity index is 2.40. The van der Waals surface area contributed by atoms with E-state index in [2.05, 4.69) is 5.32 Å². The Hall–Kier alpha value is -2.97. The molecular weight excluding hydrogens is 366 g/mol. The highest BCUT2D eigenvalue weighted by atomic mass is 16.6. The van der Waals surface area contributed by atoms with Crippen molar-refractivity contribution in [2.45, 2.75) is 51.5 Å². The quantitative estimate of drug-likeness (QED) is 0.543. The molecule has 152 valence electrons. The molecule has 0 saturated heterocycles. The van der Waals surface area contributed by atoms with Crippen molar-refractivity contribution < 1.29 is 24.4 Å². The van der Waals surface area contributed by atoms with Gasteiger partial charge in [-0.2, -0.15) is 0 Å². The van der Waals surface area contributed by atoms with E-state index in [1.807, 2.05) is 13.8 Å². The predicted molar refractivity (Wildman–Crippen MR) is 101 cm³/mol. The number of non-ortho nitro benzene ring substituents is 1. The lowest BCUT2D eigenvalue weighted by molar-refractivity contribution is -0.384. The highest BCUT2D eigenvalue weighted by Crippen LogP contribution is 2.31. The Morgan fingerprint density at radius 2 is 1.68 bits per heavy atom. The average molecular weight is 391 g/mol. The summed E-state index contributed by atoms with van der Waals surface area (Å²) in [6, 6.07) is 3.01. The van der Waals surface area contributed by atoms with E-state index in [0.717, 1.165) is 37.5 Å². The Kier molecular flexibility index (Phi) is 6.71. The van der Waals surface area contributed by atoms with Crippen molar-refractivity contribution in [1.82, 2.24) is 10.2 Å². The molecule has 0 spiro atoms. The van der Waals surface area contributed by atoms with Crippen LogP contribution in [0, 0.1) is 10.1 Å². The maximum atomic E-state index is 13.1. The highest BCUT2D eigenvalue weighted by molar-refractivity contribution is 6.01. The number of aromatic carboxylic acids is 1. The van der Waals surface area contributed by atoms with Gasteiger partial charge < -0.3 is 15.3 Å². The number of carbonyl (C=O) groups excluding carboxylic acids is 2. The zero-order valence-electron chi connectivity index (χ0n) is 16.1. The van der Waals surface area contributed by atoms with Crippen molar-refractivity contribution in [3.05, 3.63) is 39.4 Å². The molecule has 0 heterocycles. The first-order chi connectivity index (χ1) is 13.2. The fourth-order valence-corrected chi connectivity index (χ4v) is 3.62. The van der Waals surface area contributed by atoms with Crippen molar-refractivity contribution >= 4 is 23.5 Å². The summed E-state index contributed by atoms with van der Waals surface area (Å²) in [5, 5.41) is 23.1. The number of nitro groups is 1. The smallest absolute Gasteiger partial charge is 0.335 e. The number of amides is 2. The van der Waals surface area contributed by atoms with E-state index < -0.39 is 28.0 Å². The summed E-state index contributed by atoms with van der Waals surface area (Å²) in [5.41, 5.74) is -2.07. The summed E-state index contributed by atoms with van der Waals surface area (Å²) in [6.45, 7) is 4.73. The van der Waals surface area contributed by atoms with Gasteiger partial charge in [0.25, 0.3) is 11.6 Å². The monoisotopic (exact) mass is 391 g/mol. The standard InChI is InChI=1S/C19H25N3O6/c1-3-21(4-2)18(26)19(8-6-5-7-9-19)20-16(23)13-10-14(17(24)25)12-15(11-13)22(27)28/h10-12H,3-9H2,1-2H3,(H,20,23)(H,24,25). The summed E-state index contributed by atoms with van der Waals surface area (Å²) in [4.78, 5) is 49.3. The first-order valence-electron chi connectivity index (χ1n) is 9.38. The Labute approximate surface area is 162 Å². The molecule has 0 atom stereocenters. The van der Waals surface area contributed by atoms with E-state index in [1.54, 1.807) is 4.90 Å². The topological polar surface area (TPSA) is 130 Å². The summed E-state index contributed by atoms with van der Waals surface area (Å²) in [6.07, 6.45) is 3.48. The molecule has 0 radical (unpaired) electrons. The molecule has 1 aliphatic rings. The minimum atomic E-state index is -1.37. The number of likely N-dealkylation sites (N-methyl/N-ethyl adjacent to an activating group) is 1. The van der Waals surface area contributed by atoms with Crippen LogP contribution in [0.2, 0.25) is 0 Å². The zero-order chi connectivity index (χ0) is 20.9. The molecule has 1 aromatic carbocycles. The number of benzene rings is 1. The van der Waals surface area contributed by atoms with Gasteiger partial charge in [-0.3, -0.25) is 19.7 Å². The van der Waals surface area contributed by atoms with E-state index in [4.69, 9.17) is 0 Å². The van der Waals surface area contributed by atoms with E-state index in [0.29, 0.717) is 25.9 Å². The van der Waals surface area contributed by atoms with Gasteiger partial charge in [0.1, 0.15) is 5.54 Å². The van der Waals surface area contributed by atoms with Crippen molar-refractivity contribution in [2.75, 3.05) is 13.1 Å². The second kappa shape index (κ2) is 8.81. The summed E-state index contributed by atoms with van der Waals surface area (Å²) in [7, 11) is 0. The molecule has 1 fully saturated rings. The maximum Gasteiger partial charge on any atom is 0.335 e. The molecule has 2 rings (SSSR count). The lowest BCUT2D eigenvalue weighted by Gasteiger charge is -2.40. The molecule has 2 amide bonds. The number of nitrogens with zero attached hydrogens (tertiary/aromatic N) is 2. The number of carboxylic acids is 1. The maximum absolute atomic E-state index is 13.1. The second-order valence-corrected chi connectivity index (χ2v) is 6.91. The van der Waals surface area contributed by atoms with Crippen molar-refractivity contribution in [1.29, 1.82) is 0 Å². The largest absolute Gasteiger partial charge is 0.478 e. The Morgan fingerprint density at radius 1 is 1.11 bits per heavy atom. The lowest BCUT2D eigenvalue weighted by atomic mass is 9.80. The molecule has 1 aliphatic carbocycles. The van der Waals surface area contributed by atoms with Crippen molar-refractivity contribution in [3.63, 3.8) is 0 Å². The van der Waals surface area contributed by atoms with Crippen LogP contribution in [0.25, 0.3) is 0 Å². The predicted octanol–water partition coefficient (Wildman–Crippen LogP) is 2.59. The Bertz CT molecular complexity index is 750. The molecular formula is C19H25N3O6. The van der Waals surface area contributed by atoms with Crippen LogP contribution in [0.1, 0.15) is 66.7 Å². The van der Waals surface area contributed by atoms with Crippen LogP contribution >= 0.6 is 0 Å². The first-order valence-corrected chi connectivity index (χ1v) is 9.38. The minimum absolute atomic E-state index is 0.149. The number of rotatable bonds is 7. The van der Waals surface area contributed by atoms with E-state index in [-0.39, 0.29) is 17.0 Å². The number of nitro benzene ring substituents is 1. The van der Waals surface area contributed by atoms with Gasteiger partial charge in [0.15, 0.2) is 0 Å². The fourth-order valence-electron chi connectivity index (χ4n) is 3.62. The van der Waals surface area contributed by atoms with Gasteiger partial charge in [0.2, 0.25) is 5.91 Å². The molecule has 0 bridgehead atoms. The highest BCUT2D eigenvalue weighted by Gasteiger charge is 2.43. The van der Waals surface area contributed by atoms with Crippen LogP contribution in [0.3, 0.4) is 0 Å². The molecule has 28 heavy (non-hydrogen) atoms. The zero-order valence-corrected chi connectivity index (χ0v) is 16.1. The van der Waals surface area contributed by atoms with Gasteiger partial charge in [-0.25, -0.2) is 4.79 Å². The van der Waals surface area contributed by atoms with Gasteiger partial charge in [-0.1, -0.05) is 19.3 Å². The van der Waals surface area contributed by atoms with Crippen LogP contribution in [0.15, 0.2) is 18.2 Å². The average Bonchev–Trinajstić information content (AvgIpc) is 2.69. The van der Waals surface area contributed by atoms with Crippen LogP contribution in [-0.2, 0) is 4.79 Å². The number of hydrogen-bond acceptors (Lipinski definition) is 5. The molecule has 9 heteroatoms. The molecule has 0 aromatic heterocycles. The molecule has 9 nitrogen and oxygen atoms in total. The van der Waals surface area contributed by atoms with Crippen LogP contribution in [-0.4, -0.2) is 51.3 Å². The van der Waals surface area contributed by atoms with Crippen molar-refractivity contribution in [3.8, 4) is 0 Å². The van der Waals surface area contributed by atoms with Gasteiger partial charge >= 0.3 is 5.97 Å². The third-order valence-electron chi connectivity index (χ3n) is 5.16. The fraction of sp³-hybridized carbons (Fsp3) is 0.526. The van der Waals surface area contributed by atoms with Gasteiger partial charge in [0, 0.05) is 30.8 Å². The second-order valence-electron chi connectivity index (χ2n) is 6.91. The molecule has 1 aromatic rings. The van der Waals surface area contributed by atoms with Crippen LogP contribution < -0.4 is 5.32 Å². The van der Waals surface area contributed by atoms with E-state index in [9.17, 15) is 29.6 Å². The van der Waals surface area contributed by atoms with Crippen LogP contribution in [0.4, 0.5) is 5.69 Å². The SMILES string of the molecule is CCN(CC)C(=O)C1(NC(=O)c2cc(C(=O)O)cc([N+](=O)[O-])c2)CCCCC1.